The molecule has 3 rings (SSSR count). The third kappa shape index (κ3) is 4.63. The number of hydrogen-bond acceptors (Lipinski definition) is 5. The first-order valence-electron chi connectivity index (χ1n) is 10.3. The van der Waals surface area contributed by atoms with E-state index >= 15 is 0 Å². The number of carbonyl (C=O) groups is 1. The van der Waals surface area contributed by atoms with E-state index in [-0.39, 0.29) is 30.1 Å². The number of aliphatic imine (C=N–C) groups is 2. The van der Waals surface area contributed by atoms with E-state index in [9.17, 15) is 13.6 Å². The first-order valence-corrected chi connectivity index (χ1v) is 10.3. The Morgan fingerprint density at radius 3 is 2.57 bits per heavy atom. The van der Waals surface area contributed by atoms with Crippen molar-refractivity contribution in [2.24, 2.45) is 15.9 Å². The van der Waals surface area contributed by atoms with Crippen LogP contribution in [-0.2, 0) is 4.79 Å². The molecule has 2 atom stereocenters. The fraction of sp³-hybridized carbons (Fsp3) is 0.591. The van der Waals surface area contributed by atoms with Gasteiger partial charge in [0, 0.05) is 25.7 Å². The minimum absolute atomic E-state index is 0.00375. The second-order valence-corrected chi connectivity index (χ2v) is 8.14. The average molecular weight is 422 g/mol. The molecule has 166 valence electrons. The zero-order valence-electron chi connectivity index (χ0n) is 18.7. The quantitative estimate of drug-likeness (QED) is 0.500. The van der Waals surface area contributed by atoms with Crippen LogP contribution in [0.4, 0.5) is 8.78 Å². The first kappa shape index (κ1) is 23.8. The van der Waals surface area contributed by atoms with E-state index in [2.05, 4.69) is 23.1 Å². The SMILES string of the molecule is C=C.CC/C(CN1C=NCC2C(=O)N(CC)C3=NC(C)(C)CN3C21)=C(F)\C=C(/C)F. The van der Waals surface area contributed by atoms with Crippen molar-refractivity contribution in [1.29, 1.82) is 0 Å². The summed E-state index contributed by atoms with van der Waals surface area (Å²) in [6, 6.07) is 0. The molecule has 0 aliphatic carbocycles. The molecule has 1 saturated heterocycles. The minimum Gasteiger partial charge on any atom is -0.337 e. The number of hydrogen-bond donors (Lipinski definition) is 0. The van der Waals surface area contributed by atoms with Crippen molar-refractivity contribution in [2.75, 3.05) is 26.2 Å². The normalized spacial score (nSPS) is 25.8. The predicted molar refractivity (Wildman–Crippen MR) is 117 cm³/mol. The number of rotatable bonds is 5. The van der Waals surface area contributed by atoms with Gasteiger partial charge in [-0.15, -0.1) is 13.2 Å². The molecule has 1 amide bonds. The molecule has 3 heterocycles. The molecule has 0 aromatic carbocycles. The van der Waals surface area contributed by atoms with Crippen LogP contribution in [0.1, 0.15) is 41.0 Å². The van der Waals surface area contributed by atoms with Crippen molar-refractivity contribution < 1.29 is 13.6 Å². The minimum atomic E-state index is -0.573. The first-order chi connectivity index (χ1) is 14.2. The van der Waals surface area contributed by atoms with E-state index in [1.54, 1.807) is 11.2 Å². The molecule has 0 spiro atoms. The van der Waals surface area contributed by atoms with Crippen LogP contribution >= 0.6 is 0 Å². The Kier molecular flexibility index (Phi) is 7.55. The Balaban J connectivity index is 0.00000155. The van der Waals surface area contributed by atoms with Gasteiger partial charge in [0.05, 0.1) is 30.2 Å². The molecule has 0 aromatic heterocycles. The fourth-order valence-electron chi connectivity index (χ4n) is 4.13. The van der Waals surface area contributed by atoms with Crippen molar-refractivity contribution in [3.63, 3.8) is 0 Å². The summed E-state index contributed by atoms with van der Waals surface area (Å²) in [6.45, 7) is 17.0. The number of fused-ring (bicyclic) bond motifs is 3. The van der Waals surface area contributed by atoms with Gasteiger partial charge in [-0.25, -0.2) is 13.8 Å². The Morgan fingerprint density at radius 2 is 2.00 bits per heavy atom. The van der Waals surface area contributed by atoms with Crippen LogP contribution in [0, 0.1) is 5.92 Å². The molecule has 0 bridgehead atoms. The third-order valence-corrected chi connectivity index (χ3v) is 5.37. The van der Waals surface area contributed by atoms with E-state index in [4.69, 9.17) is 4.99 Å². The van der Waals surface area contributed by atoms with Crippen molar-refractivity contribution in [2.45, 2.75) is 52.7 Å². The van der Waals surface area contributed by atoms with E-state index < -0.39 is 11.7 Å². The summed E-state index contributed by atoms with van der Waals surface area (Å²) in [5, 5.41) is 0. The zero-order chi connectivity index (χ0) is 22.6. The lowest BCUT2D eigenvalue weighted by Crippen LogP contribution is -2.68. The van der Waals surface area contributed by atoms with E-state index in [0.717, 1.165) is 6.08 Å². The Hall–Kier alpha value is -2.51. The van der Waals surface area contributed by atoms with E-state index in [1.807, 2.05) is 32.6 Å². The summed E-state index contributed by atoms with van der Waals surface area (Å²) in [6.07, 6.45) is 2.78. The lowest BCUT2D eigenvalue weighted by Gasteiger charge is -2.50. The summed E-state index contributed by atoms with van der Waals surface area (Å²) in [5.41, 5.74) is 0.174. The largest absolute Gasteiger partial charge is 0.337 e. The smallest absolute Gasteiger partial charge is 0.238 e. The van der Waals surface area contributed by atoms with Crippen molar-refractivity contribution in [3.8, 4) is 0 Å². The standard InChI is InChI=1S/C20H29F2N5O.C2H4/c1-6-14(16(22)8-13(3)21)10-25-12-23-9-15-17(25)27-11-20(4,5)24-19(27)26(7-2)18(15)28;1-2/h8,12,15,17H,6-7,9-11H2,1-5H3;1-2H2/b13-8+,16-14-;. The lowest BCUT2D eigenvalue weighted by atomic mass is 9.96. The molecule has 3 aliphatic rings. The summed E-state index contributed by atoms with van der Waals surface area (Å²) in [7, 11) is 0. The summed E-state index contributed by atoms with van der Waals surface area (Å²) in [5.74, 6) is -0.788. The average Bonchev–Trinajstić information content (AvgIpc) is 3.02. The number of halogens is 2. The van der Waals surface area contributed by atoms with Crippen LogP contribution in [-0.4, -0.2) is 70.8 Å². The van der Waals surface area contributed by atoms with Gasteiger partial charge >= 0.3 is 0 Å². The highest BCUT2D eigenvalue weighted by Crippen LogP contribution is 2.35. The summed E-state index contributed by atoms with van der Waals surface area (Å²) in [4.78, 5) is 28.0. The maximum absolute atomic E-state index is 14.5. The van der Waals surface area contributed by atoms with Gasteiger partial charge in [0.15, 0.2) is 0 Å². The lowest BCUT2D eigenvalue weighted by molar-refractivity contribution is -0.139. The van der Waals surface area contributed by atoms with E-state index in [1.165, 1.54) is 6.92 Å². The molecular weight excluding hydrogens is 388 g/mol. The van der Waals surface area contributed by atoms with Gasteiger partial charge in [0.25, 0.3) is 0 Å². The molecule has 6 nitrogen and oxygen atoms in total. The molecular formula is C22H33F2N5O. The molecule has 3 aliphatic heterocycles. The van der Waals surface area contributed by atoms with Gasteiger partial charge in [-0.1, -0.05) is 6.92 Å². The molecule has 0 aromatic rings. The fourth-order valence-corrected chi connectivity index (χ4v) is 4.13. The molecule has 0 saturated carbocycles. The van der Waals surface area contributed by atoms with Crippen LogP contribution in [0.3, 0.4) is 0 Å². The van der Waals surface area contributed by atoms with Gasteiger partial charge < -0.3 is 9.80 Å². The zero-order valence-corrected chi connectivity index (χ0v) is 18.7. The number of carbonyl (C=O) groups excluding carboxylic acids is 1. The summed E-state index contributed by atoms with van der Waals surface area (Å²) >= 11 is 0. The highest BCUT2D eigenvalue weighted by atomic mass is 19.1. The Labute approximate surface area is 178 Å². The number of guanidine groups is 1. The maximum Gasteiger partial charge on any atom is 0.238 e. The Bertz CT molecular complexity index is 782. The van der Waals surface area contributed by atoms with Gasteiger partial charge in [0.2, 0.25) is 11.9 Å². The molecule has 2 unspecified atom stereocenters. The van der Waals surface area contributed by atoms with Gasteiger partial charge in [-0.05, 0) is 39.7 Å². The molecule has 0 N–H and O–H groups in total. The number of nitrogens with zero attached hydrogens (tertiary/aromatic N) is 5. The monoisotopic (exact) mass is 421 g/mol. The molecule has 0 radical (unpaired) electrons. The van der Waals surface area contributed by atoms with Gasteiger partial charge in [0.1, 0.15) is 12.0 Å². The van der Waals surface area contributed by atoms with Crippen molar-refractivity contribution in [1.82, 2.24) is 14.7 Å². The van der Waals surface area contributed by atoms with Crippen molar-refractivity contribution in [3.05, 3.63) is 36.5 Å². The van der Waals surface area contributed by atoms with Crippen LogP contribution < -0.4 is 0 Å². The summed E-state index contributed by atoms with van der Waals surface area (Å²) < 4.78 is 27.6. The highest BCUT2D eigenvalue weighted by Gasteiger charge is 2.51. The van der Waals surface area contributed by atoms with Crippen LogP contribution in [0.15, 0.2) is 46.4 Å². The number of allylic oxidation sites excluding steroid dienone is 3. The molecule has 8 heteroatoms. The van der Waals surface area contributed by atoms with Crippen molar-refractivity contribution >= 4 is 18.2 Å². The number of amides is 1. The topological polar surface area (TPSA) is 51.5 Å². The van der Waals surface area contributed by atoms with Crippen LogP contribution in [0.2, 0.25) is 0 Å². The van der Waals surface area contributed by atoms with Crippen LogP contribution in [0.5, 0.6) is 0 Å². The Morgan fingerprint density at radius 1 is 1.33 bits per heavy atom. The molecule has 1 fully saturated rings. The highest BCUT2D eigenvalue weighted by molar-refractivity contribution is 6.02. The molecule has 30 heavy (non-hydrogen) atoms. The third-order valence-electron chi connectivity index (χ3n) is 5.37. The van der Waals surface area contributed by atoms with E-state index in [0.29, 0.717) is 37.6 Å². The second kappa shape index (κ2) is 9.53. The van der Waals surface area contributed by atoms with Crippen LogP contribution in [0.25, 0.3) is 0 Å². The second-order valence-electron chi connectivity index (χ2n) is 8.14. The predicted octanol–water partition coefficient (Wildman–Crippen LogP) is 3.89. The van der Waals surface area contributed by atoms with Gasteiger partial charge in [-0.2, -0.15) is 0 Å². The maximum atomic E-state index is 14.5. The van der Waals surface area contributed by atoms with Gasteiger partial charge in [-0.3, -0.25) is 14.7 Å².